The molecule has 0 bridgehead atoms. The van der Waals surface area contributed by atoms with Gasteiger partial charge >= 0.3 is 0 Å². The highest BCUT2D eigenvalue weighted by Gasteiger charge is 2.20. The highest BCUT2D eigenvalue weighted by molar-refractivity contribution is 7.86. The van der Waals surface area contributed by atoms with Crippen molar-refractivity contribution in [2.24, 2.45) is 0 Å². The third kappa shape index (κ3) is 4.31. The molecule has 1 N–H and O–H groups in total. The maximum atomic E-state index is 13.1. The summed E-state index contributed by atoms with van der Waals surface area (Å²) in [5.74, 6) is -0.0423. The van der Waals surface area contributed by atoms with Crippen LogP contribution < -0.4 is 9.62 Å². The van der Waals surface area contributed by atoms with Gasteiger partial charge in [-0.3, -0.25) is 14.1 Å². The summed E-state index contributed by atoms with van der Waals surface area (Å²) in [5.41, 5.74) is 2.97. The topological polar surface area (TPSA) is 62.3 Å². The summed E-state index contributed by atoms with van der Waals surface area (Å²) in [6.45, 7) is 0.753. The quantitative estimate of drug-likeness (QED) is 0.655. The third-order valence-electron chi connectivity index (χ3n) is 4.57. The minimum atomic E-state index is -0.994. The molecular weight excluding hydrogens is 413 g/mol. The lowest BCUT2D eigenvalue weighted by Crippen LogP contribution is -2.19. The van der Waals surface area contributed by atoms with E-state index < -0.39 is 16.8 Å². The van der Waals surface area contributed by atoms with Crippen molar-refractivity contribution in [3.05, 3.63) is 77.2 Å². The first-order valence-electron chi connectivity index (χ1n) is 9.00. The average molecular weight is 430 g/mol. The van der Waals surface area contributed by atoms with E-state index in [2.05, 4.69) is 10.3 Å². The lowest BCUT2D eigenvalue weighted by molar-refractivity contribution is 0.102. The first-order chi connectivity index (χ1) is 14.0. The molecule has 29 heavy (non-hydrogen) atoms. The Labute approximate surface area is 175 Å². The van der Waals surface area contributed by atoms with Gasteiger partial charge in [0.2, 0.25) is 0 Å². The fourth-order valence-corrected chi connectivity index (χ4v) is 4.61. The lowest BCUT2D eigenvalue weighted by atomic mass is 10.1. The van der Waals surface area contributed by atoms with E-state index in [9.17, 15) is 13.4 Å². The second kappa shape index (κ2) is 8.31. The number of anilines is 2. The Kier molecular flexibility index (Phi) is 5.60. The molecule has 0 aliphatic carbocycles. The first-order valence-corrected chi connectivity index (χ1v) is 10.7. The maximum absolute atomic E-state index is 13.1. The van der Waals surface area contributed by atoms with Crippen molar-refractivity contribution >= 4 is 39.9 Å². The number of nitrogens with one attached hydrogen (secondary N) is 1. The summed E-state index contributed by atoms with van der Waals surface area (Å²) in [6.07, 6.45) is 2.02. The number of hydrogen-bond donors (Lipinski definition) is 1. The van der Waals surface area contributed by atoms with Crippen molar-refractivity contribution in [2.45, 2.75) is 6.42 Å². The molecule has 4 rings (SSSR count). The molecule has 1 fully saturated rings. The van der Waals surface area contributed by atoms with Crippen molar-refractivity contribution in [1.29, 1.82) is 0 Å². The summed E-state index contributed by atoms with van der Waals surface area (Å²) in [6, 6.07) is 14.9. The summed E-state index contributed by atoms with van der Waals surface area (Å²) in [7, 11) is -0.994. The highest BCUT2D eigenvalue weighted by atomic mass is 35.5. The van der Waals surface area contributed by atoms with E-state index in [1.807, 2.05) is 4.31 Å². The van der Waals surface area contributed by atoms with Crippen molar-refractivity contribution in [1.82, 2.24) is 4.98 Å². The van der Waals surface area contributed by atoms with Crippen molar-refractivity contribution < 1.29 is 13.4 Å². The summed E-state index contributed by atoms with van der Waals surface area (Å²) < 4.78 is 26.9. The van der Waals surface area contributed by atoms with E-state index in [0.29, 0.717) is 33.3 Å². The highest BCUT2D eigenvalue weighted by Crippen LogP contribution is 2.30. The molecule has 1 unspecified atom stereocenters. The van der Waals surface area contributed by atoms with Gasteiger partial charge in [0, 0.05) is 34.8 Å². The molecule has 1 aromatic heterocycles. The van der Waals surface area contributed by atoms with Gasteiger partial charge in [0.1, 0.15) is 16.8 Å². The molecule has 0 saturated carbocycles. The normalized spacial score (nSPS) is 16.1. The van der Waals surface area contributed by atoms with Gasteiger partial charge in [0.25, 0.3) is 5.91 Å². The predicted molar refractivity (Wildman–Crippen MR) is 114 cm³/mol. The van der Waals surface area contributed by atoms with Gasteiger partial charge in [-0.2, -0.15) is 0 Å². The predicted octanol–water partition coefficient (Wildman–Crippen LogP) is 4.67. The Morgan fingerprint density at radius 2 is 1.93 bits per heavy atom. The zero-order valence-corrected chi connectivity index (χ0v) is 16.8. The van der Waals surface area contributed by atoms with Crippen LogP contribution in [0.2, 0.25) is 5.02 Å². The largest absolute Gasteiger partial charge is 0.322 e. The number of halogens is 2. The molecule has 1 aliphatic heterocycles. The van der Waals surface area contributed by atoms with Crippen molar-refractivity contribution in [3.63, 3.8) is 0 Å². The van der Waals surface area contributed by atoms with Crippen LogP contribution in [0.1, 0.15) is 16.8 Å². The number of hydrogen-bond acceptors (Lipinski definition) is 3. The van der Waals surface area contributed by atoms with Crippen LogP contribution in [0, 0.1) is 5.82 Å². The Balaban J connectivity index is 1.51. The second-order valence-electron chi connectivity index (χ2n) is 6.54. The number of amides is 1. The van der Waals surface area contributed by atoms with Crippen LogP contribution in [-0.2, 0) is 11.0 Å². The Bertz CT molecular complexity index is 1070. The molecule has 0 spiro atoms. The maximum Gasteiger partial charge on any atom is 0.255 e. The molecule has 0 radical (unpaired) electrons. The zero-order chi connectivity index (χ0) is 20.4. The molecule has 2 aromatic carbocycles. The number of aromatic nitrogens is 1. The molecule has 1 amide bonds. The van der Waals surface area contributed by atoms with E-state index in [0.717, 1.165) is 24.8 Å². The SMILES string of the molecule is O=C(Nc1ccc(Cl)c(-c2ccc(F)cn2)c1)c1ccc(N2CCCS2=O)cc1. The Hall–Kier alpha value is -2.77. The van der Waals surface area contributed by atoms with Gasteiger partial charge in [-0.25, -0.2) is 8.60 Å². The van der Waals surface area contributed by atoms with Gasteiger partial charge in [-0.15, -0.1) is 0 Å². The van der Waals surface area contributed by atoms with Gasteiger partial charge in [-0.05, 0) is 61.0 Å². The second-order valence-corrected chi connectivity index (χ2v) is 8.44. The van der Waals surface area contributed by atoms with E-state index >= 15 is 0 Å². The van der Waals surface area contributed by atoms with Crippen LogP contribution in [0.25, 0.3) is 11.3 Å². The molecule has 5 nitrogen and oxygen atoms in total. The van der Waals surface area contributed by atoms with Crippen LogP contribution in [0.15, 0.2) is 60.8 Å². The molecule has 1 atom stereocenters. The average Bonchev–Trinajstić information content (AvgIpc) is 3.16. The fraction of sp³-hybridized carbons (Fsp3) is 0.143. The fourth-order valence-electron chi connectivity index (χ4n) is 3.11. The van der Waals surface area contributed by atoms with Crippen LogP contribution in [0.4, 0.5) is 15.8 Å². The van der Waals surface area contributed by atoms with E-state index in [-0.39, 0.29) is 5.91 Å². The molecule has 3 aromatic rings. The minimum absolute atomic E-state index is 0.278. The summed E-state index contributed by atoms with van der Waals surface area (Å²) >= 11 is 6.24. The molecule has 8 heteroatoms. The van der Waals surface area contributed by atoms with Crippen LogP contribution in [0.3, 0.4) is 0 Å². The molecule has 1 aliphatic rings. The minimum Gasteiger partial charge on any atom is -0.322 e. The number of nitrogens with zero attached hydrogens (tertiary/aromatic N) is 2. The first kappa shape index (κ1) is 19.5. The molecular formula is C21H17ClFN3O2S. The molecule has 2 heterocycles. The van der Waals surface area contributed by atoms with Crippen LogP contribution >= 0.6 is 11.6 Å². The summed E-state index contributed by atoms with van der Waals surface area (Å²) in [5, 5.41) is 3.28. The Morgan fingerprint density at radius 3 is 2.59 bits per heavy atom. The third-order valence-corrected chi connectivity index (χ3v) is 6.42. The number of carbonyl (C=O) groups excluding carboxylic acids is 1. The zero-order valence-electron chi connectivity index (χ0n) is 15.3. The number of carbonyl (C=O) groups is 1. The van der Waals surface area contributed by atoms with Crippen molar-refractivity contribution in [3.8, 4) is 11.3 Å². The van der Waals surface area contributed by atoms with Gasteiger partial charge in [0.15, 0.2) is 0 Å². The standard InChI is InChI=1S/C21H17ClFN3O2S/c22-19-8-5-16(12-18(19)20-9-4-15(23)13-24-20)25-21(27)14-2-6-17(7-3-14)26-10-1-11-29(26)28/h2-9,12-13H,1,10-11H2,(H,25,27). The van der Waals surface area contributed by atoms with Gasteiger partial charge in [-0.1, -0.05) is 11.6 Å². The molecule has 1 saturated heterocycles. The van der Waals surface area contributed by atoms with E-state index in [4.69, 9.17) is 11.6 Å². The number of pyridine rings is 1. The lowest BCUT2D eigenvalue weighted by Gasteiger charge is -2.16. The van der Waals surface area contributed by atoms with Crippen molar-refractivity contribution in [2.75, 3.05) is 21.9 Å². The van der Waals surface area contributed by atoms with E-state index in [1.165, 1.54) is 12.1 Å². The summed E-state index contributed by atoms with van der Waals surface area (Å²) in [4.78, 5) is 16.6. The van der Waals surface area contributed by atoms with Gasteiger partial charge < -0.3 is 5.32 Å². The Morgan fingerprint density at radius 1 is 1.14 bits per heavy atom. The number of benzene rings is 2. The number of rotatable bonds is 4. The van der Waals surface area contributed by atoms with Crippen LogP contribution in [-0.4, -0.2) is 27.4 Å². The monoisotopic (exact) mass is 429 g/mol. The molecule has 148 valence electrons. The smallest absolute Gasteiger partial charge is 0.255 e. The van der Waals surface area contributed by atoms with Crippen LogP contribution in [0.5, 0.6) is 0 Å². The van der Waals surface area contributed by atoms with E-state index in [1.54, 1.807) is 42.5 Å². The van der Waals surface area contributed by atoms with Gasteiger partial charge in [0.05, 0.1) is 16.9 Å².